The SMILES string of the molecule is Cn1cc(CN2CCCC3(CCC(C(=O)Nc4nc(-c5ccc(F)cc5)ccc4N)C3)C2)cn1. The molecule has 1 aromatic carbocycles. The molecule has 1 amide bonds. The first-order valence-corrected chi connectivity index (χ1v) is 11.9. The average Bonchev–Trinajstić information content (AvgIpc) is 3.42. The average molecular weight is 463 g/mol. The Balaban J connectivity index is 1.24. The zero-order valence-electron chi connectivity index (χ0n) is 19.5. The molecule has 5 rings (SSSR count). The van der Waals surface area contributed by atoms with E-state index < -0.39 is 0 Å². The van der Waals surface area contributed by atoms with Crippen molar-refractivity contribution in [3.05, 3.63) is 60.2 Å². The largest absolute Gasteiger partial charge is 0.396 e. The summed E-state index contributed by atoms with van der Waals surface area (Å²) >= 11 is 0. The number of aromatic nitrogens is 3. The van der Waals surface area contributed by atoms with Gasteiger partial charge in [-0.25, -0.2) is 9.37 Å². The summed E-state index contributed by atoms with van der Waals surface area (Å²) in [5.41, 5.74) is 9.38. The predicted octanol–water partition coefficient (Wildman–Crippen LogP) is 4.22. The Morgan fingerprint density at radius 3 is 2.82 bits per heavy atom. The number of rotatable bonds is 5. The first-order valence-electron chi connectivity index (χ1n) is 11.9. The third-order valence-corrected chi connectivity index (χ3v) is 7.29. The first kappa shape index (κ1) is 22.5. The van der Waals surface area contributed by atoms with Gasteiger partial charge in [-0.3, -0.25) is 14.4 Å². The molecule has 0 radical (unpaired) electrons. The molecular formula is C26H31FN6O. The third kappa shape index (κ3) is 4.82. The fourth-order valence-electron chi connectivity index (χ4n) is 5.63. The zero-order valence-corrected chi connectivity index (χ0v) is 19.5. The number of benzene rings is 1. The highest BCUT2D eigenvalue weighted by atomic mass is 19.1. The smallest absolute Gasteiger partial charge is 0.228 e. The second kappa shape index (κ2) is 9.18. The second-order valence-corrected chi connectivity index (χ2v) is 9.91. The lowest BCUT2D eigenvalue weighted by atomic mass is 9.77. The van der Waals surface area contributed by atoms with Gasteiger partial charge >= 0.3 is 0 Å². The van der Waals surface area contributed by atoms with Gasteiger partial charge < -0.3 is 11.1 Å². The molecule has 7 nitrogen and oxygen atoms in total. The summed E-state index contributed by atoms with van der Waals surface area (Å²) in [6, 6.07) is 9.63. The van der Waals surface area contributed by atoms with E-state index in [4.69, 9.17) is 5.73 Å². The van der Waals surface area contributed by atoms with Gasteiger partial charge in [0.25, 0.3) is 0 Å². The number of halogens is 1. The topological polar surface area (TPSA) is 89.1 Å². The Hall–Kier alpha value is -3.26. The van der Waals surface area contributed by atoms with E-state index in [0.717, 1.165) is 50.9 Å². The van der Waals surface area contributed by atoms with Gasteiger partial charge in [0.15, 0.2) is 5.82 Å². The van der Waals surface area contributed by atoms with Crippen LogP contribution < -0.4 is 11.1 Å². The minimum Gasteiger partial charge on any atom is -0.396 e. The first-order chi connectivity index (χ1) is 16.4. The Bertz CT molecular complexity index is 1180. The molecule has 2 aromatic heterocycles. The normalized spacial score (nSPS) is 22.8. The van der Waals surface area contributed by atoms with Gasteiger partial charge in [0.05, 0.1) is 17.6 Å². The number of pyridine rings is 1. The summed E-state index contributed by atoms with van der Waals surface area (Å²) in [5, 5.41) is 7.26. The lowest BCUT2D eigenvalue weighted by Crippen LogP contribution is -2.41. The Morgan fingerprint density at radius 2 is 2.06 bits per heavy atom. The molecule has 0 bridgehead atoms. The van der Waals surface area contributed by atoms with Crippen molar-refractivity contribution in [1.82, 2.24) is 19.7 Å². The quantitative estimate of drug-likeness (QED) is 0.593. The van der Waals surface area contributed by atoms with Crippen LogP contribution in [0.15, 0.2) is 48.8 Å². The van der Waals surface area contributed by atoms with E-state index >= 15 is 0 Å². The molecule has 2 atom stereocenters. The highest BCUT2D eigenvalue weighted by molar-refractivity contribution is 5.94. The molecule has 2 unspecified atom stereocenters. The number of carbonyl (C=O) groups excluding carboxylic acids is 1. The molecule has 8 heteroatoms. The van der Waals surface area contributed by atoms with Crippen LogP contribution in [-0.2, 0) is 18.4 Å². The molecule has 2 fully saturated rings. The minimum atomic E-state index is -0.301. The fourth-order valence-corrected chi connectivity index (χ4v) is 5.63. The number of nitrogens with one attached hydrogen (secondary N) is 1. The van der Waals surface area contributed by atoms with Crippen molar-refractivity contribution in [2.45, 2.75) is 38.6 Å². The van der Waals surface area contributed by atoms with E-state index in [-0.39, 0.29) is 23.1 Å². The number of likely N-dealkylation sites (tertiary alicyclic amines) is 1. The van der Waals surface area contributed by atoms with Crippen molar-refractivity contribution in [2.75, 3.05) is 24.1 Å². The van der Waals surface area contributed by atoms with E-state index in [0.29, 0.717) is 17.2 Å². The molecule has 1 saturated carbocycles. The third-order valence-electron chi connectivity index (χ3n) is 7.29. The summed E-state index contributed by atoms with van der Waals surface area (Å²) in [5.74, 6) is 0.00459. The van der Waals surface area contributed by atoms with Crippen molar-refractivity contribution in [3.8, 4) is 11.3 Å². The van der Waals surface area contributed by atoms with Crippen LogP contribution in [0, 0.1) is 17.2 Å². The molecule has 3 aromatic rings. The summed E-state index contributed by atoms with van der Waals surface area (Å²) in [7, 11) is 1.94. The Labute approximate surface area is 199 Å². The van der Waals surface area contributed by atoms with E-state index in [1.807, 2.05) is 17.9 Å². The van der Waals surface area contributed by atoms with Crippen LogP contribution in [0.3, 0.4) is 0 Å². The summed E-state index contributed by atoms with van der Waals surface area (Å²) in [6.45, 7) is 3.01. The van der Waals surface area contributed by atoms with Crippen molar-refractivity contribution < 1.29 is 9.18 Å². The minimum absolute atomic E-state index is 0.0169. The van der Waals surface area contributed by atoms with Crippen LogP contribution in [0.4, 0.5) is 15.9 Å². The molecule has 2 aliphatic rings. The zero-order chi connectivity index (χ0) is 23.7. The summed E-state index contributed by atoms with van der Waals surface area (Å²) < 4.78 is 15.1. The monoisotopic (exact) mass is 462 g/mol. The van der Waals surface area contributed by atoms with Crippen molar-refractivity contribution in [2.24, 2.45) is 18.4 Å². The Morgan fingerprint density at radius 1 is 1.24 bits per heavy atom. The number of nitrogens with two attached hydrogens (primary N) is 1. The van der Waals surface area contributed by atoms with Gasteiger partial charge in [0.2, 0.25) is 5.91 Å². The lowest BCUT2D eigenvalue weighted by Gasteiger charge is -2.40. The van der Waals surface area contributed by atoms with Crippen LogP contribution >= 0.6 is 0 Å². The maximum Gasteiger partial charge on any atom is 0.228 e. The highest BCUT2D eigenvalue weighted by Gasteiger charge is 2.44. The van der Waals surface area contributed by atoms with Gasteiger partial charge in [0.1, 0.15) is 5.82 Å². The molecular weight excluding hydrogens is 431 g/mol. The van der Waals surface area contributed by atoms with Gasteiger partial charge in [-0.2, -0.15) is 5.10 Å². The number of anilines is 2. The van der Waals surface area contributed by atoms with Gasteiger partial charge in [-0.1, -0.05) is 0 Å². The number of nitrogen functional groups attached to an aromatic ring is 1. The van der Waals surface area contributed by atoms with Crippen molar-refractivity contribution in [3.63, 3.8) is 0 Å². The number of hydrogen-bond donors (Lipinski definition) is 2. The van der Waals surface area contributed by atoms with Gasteiger partial charge in [-0.05, 0) is 80.5 Å². The van der Waals surface area contributed by atoms with Crippen molar-refractivity contribution >= 4 is 17.4 Å². The van der Waals surface area contributed by atoms with E-state index in [1.165, 1.54) is 24.1 Å². The number of nitrogens with zero attached hydrogens (tertiary/aromatic N) is 4. The van der Waals surface area contributed by atoms with Crippen LogP contribution in [0.2, 0.25) is 0 Å². The van der Waals surface area contributed by atoms with Crippen LogP contribution in [0.1, 0.15) is 37.7 Å². The van der Waals surface area contributed by atoms with E-state index in [9.17, 15) is 9.18 Å². The fraction of sp³-hybridized carbons (Fsp3) is 0.423. The molecule has 1 aliphatic carbocycles. The summed E-state index contributed by atoms with van der Waals surface area (Å²) in [6.07, 6.45) is 9.16. The number of hydrogen-bond acceptors (Lipinski definition) is 5. The van der Waals surface area contributed by atoms with Crippen LogP contribution in [0.25, 0.3) is 11.3 Å². The second-order valence-electron chi connectivity index (χ2n) is 9.91. The van der Waals surface area contributed by atoms with Crippen LogP contribution in [-0.4, -0.2) is 38.7 Å². The maximum absolute atomic E-state index is 13.3. The number of piperidine rings is 1. The van der Waals surface area contributed by atoms with Gasteiger partial charge in [-0.15, -0.1) is 0 Å². The lowest BCUT2D eigenvalue weighted by molar-refractivity contribution is -0.120. The van der Waals surface area contributed by atoms with E-state index in [2.05, 4.69) is 26.5 Å². The summed E-state index contributed by atoms with van der Waals surface area (Å²) in [4.78, 5) is 20.2. The highest BCUT2D eigenvalue weighted by Crippen LogP contribution is 2.48. The maximum atomic E-state index is 13.3. The molecule has 1 spiro atoms. The van der Waals surface area contributed by atoms with Gasteiger partial charge in [0, 0.05) is 43.4 Å². The molecule has 1 aliphatic heterocycles. The standard InChI is InChI=1S/C26H31FN6O/c1-32-15-18(14-29-32)16-33-12-2-10-26(17-33)11-9-20(13-26)25(34)31-24-22(28)7-8-23(30-24)19-3-5-21(27)6-4-19/h3-8,14-15,20H,2,9-13,16-17,28H2,1H3,(H,30,31,34). The number of carbonyl (C=O) groups is 1. The number of amides is 1. The van der Waals surface area contributed by atoms with Crippen LogP contribution in [0.5, 0.6) is 0 Å². The molecule has 34 heavy (non-hydrogen) atoms. The molecule has 3 heterocycles. The molecule has 3 N–H and O–H groups in total. The Kier molecular flexibility index (Phi) is 6.08. The predicted molar refractivity (Wildman–Crippen MR) is 130 cm³/mol. The van der Waals surface area contributed by atoms with Crippen molar-refractivity contribution in [1.29, 1.82) is 0 Å². The van der Waals surface area contributed by atoms with E-state index in [1.54, 1.807) is 24.3 Å². The molecule has 178 valence electrons. The molecule has 1 saturated heterocycles. The number of aryl methyl sites for hydroxylation is 1.